The second-order valence-electron chi connectivity index (χ2n) is 8.73. The van der Waals surface area contributed by atoms with Crippen LogP contribution in [0.3, 0.4) is 0 Å². The molecule has 11 nitrogen and oxygen atoms in total. The number of carbonyl (C=O) groups is 1. The Morgan fingerprint density at radius 1 is 1.13 bits per heavy atom. The van der Waals surface area contributed by atoms with E-state index in [4.69, 9.17) is 9.63 Å². The van der Waals surface area contributed by atoms with Crippen LogP contribution in [-0.2, 0) is 16.6 Å². The van der Waals surface area contributed by atoms with Crippen LogP contribution in [0, 0.1) is 6.92 Å². The first-order valence-corrected chi connectivity index (χ1v) is 13.6. The fraction of sp³-hybridized carbons (Fsp3) is 0.308. The van der Waals surface area contributed by atoms with Gasteiger partial charge in [-0.1, -0.05) is 60.6 Å². The molecule has 1 amide bonds. The van der Waals surface area contributed by atoms with Gasteiger partial charge in [-0.2, -0.15) is 9.29 Å². The molecule has 200 valence electrons. The number of hydrogen-bond donors (Lipinski definition) is 2. The van der Waals surface area contributed by atoms with Gasteiger partial charge in [0.1, 0.15) is 11.2 Å². The van der Waals surface area contributed by atoms with E-state index in [1.807, 2.05) is 37.3 Å². The van der Waals surface area contributed by atoms with Gasteiger partial charge in [0.2, 0.25) is 10.0 Å². The first-order valence-electron chi connectivity index (χ1n) is 12.2. The molecule has 0 aliphatic carbocycles. The monoisotopic (exact) mass is 539 g/mol. The van der Waals surface area contributed by atoms with Crippen LogP contribution in [0.15, 0.2) is 74.9 Å². The number of aromatic nitrogens is 3. The lowest BCUT2D eigenvalue weighted by atomic mass is 10.1. The van der Waals surface area contributed by atoms with Crippen molar-refractivity contribution in [2.75, 3.05) is 13.1 Å². The quantitative estimate of drug-likeness (QED) is 0.275. The van der Waals surface area contributed by atoms with Crippen LogP contribution in [0.4, 0.5) is 4.79 Å². The van der Waals surface area contributed by atoms with E-state index in [2.05, 4.69) is 15.5 Å². The minimum absolute atomic E-state index is 0.00923. The number of rotatable bonds is 11. The Labute approximate surface area is 219 Å². The van der Waals surface area contributed by atoms with Crippen molar-refractivity contribution in [3.8, 4) is 0 Å². The van der Waals surface area contributed by atoms with E-state index in [1.54, 1.807) is 25.1 Å². The van der Waals surface area contributed by atoms with E-state index >= 15 is 0 Å². The van der Waals surface area contributed by atoms with Gasteiger partial charge in [-0.25, -0.2) is 13.2 Å². The van der Waals surface area contributed by atoms with Gasteiger partial charge in [0.05, 0.1) is 23.2 Å². The zero-order chi connectivity index (χ0) is 27.3. The minimum Gasteiger partial charge on any atom is -0.465 e. The summed E-state index contributed by atoms with van der Waals surface area (Å²) in [6.45, 7) is 3.67. The summed E-state index contributed by atoms with van der Waals surface area (Å²) in [6, 6.07) is 16.5. The average Bonchev–Trinajstić information content (AvgIpc) is 3.29. The zero-order valence-electron chi connectivity index (χ0n) is 21.1. The van der Waals surface area contributed by atoms with E-state index in [0.29, 0.717) is 5.69 Å². The Morgan fingerprint density at radius 2 is 1.79 bits per heavy atom. The number of sulfonamides is 1. The Bertz CT molecular complexity index is 1570. The number of amides is 1. The van der Waals surface area contributed by atoms with Crippen molar-refractivity contribution in [3.63, 3.8) is 0 Å². The maximum absolute atomic E-state index is 13.9. The normalized spacial score (nSPS) is 12.6. The Hall–Kier alpha value is -4.03. The van der Waals surface area contributed by atoms with Crippen molar-refractivity contribution in [1.82, 2.24) is 24.3 Å². The number of nitrogens with one attached hydrogen (secondary N) is 1. The summed E-state index contributed by atoms with van der Waals surface area (Å²) in [6.07, 6.45) is -0.696. The van der Waals surface area contributed by atoms with Crippen LogP contribution < -0.4 is 10.9 Å². The molecule has 0 saturated heterocycles. The summed E-state index contributed by atoms with van der Waals surface area (Å²) in [7, 11) is -4.06. The largest absolute Gasteiger partial charge is 0.465 e. The van der Waals surface area contributed by atoms with Gasteiger partial charge >= 0.3 is 6.09 Å². The maximum Gasteiger partial charge on any atom is 0.404 e. The summed E-state index contributed by atoms with van der Waals surface area (Å²) in [5.41, 5.74) is 0.891. The van der Waals surface area contributed by atoms with Crippen molar-refractivity contribution in [2.45, 2.75) is 44.2 Å². The van der Waals surface area contributed by atoms with Crippen LogP contribution in [-0.4, -0.2) is 51.7 Å². The Morgan fingerprint density at radius 3 is 2.42 bits per heavy atom. The molecular weight excluding hydrogens is 510 g/mol. The Balaban J connectivity index is 1.87. The number of aryl methyl sites for hydroxylation is 1. The van der Waals surface area contributed by atoms with E-state index in [1.165, 1.54) is 21.0 Å². The highest BCUT2D eigenvalue weighted by atomic mass is 32.2. The van der Waals surface area contributed by atoms with Gasteiger partial charge in [-0.3, -0.25) is 9.36 Å². The highest BCUT2D eigenvalue weighted by molar-refractivity contribution is 7.89. The smallest absolute Gasteiger partial charge is 0.404 e. The number of benzene rings is 2. The maximum atomic E-state index is 13.9. The SMILES string of the molecule is CCC(c1nc2onc(C)c2c(=O)n1Cc1ccccc1)N(CCCNC(=O)O)S(=O)(=O)c1ccccc1. The fourth-order valence-corrected chi connectivity index (χ4v) is 6.09. The molecule has 12 heteroatoms. The number of hydrogen-bond acceptors (Lipinski definition) is 7. The van der Waals surface area contributed by atoms with E-state index in [0.717, 1.165) is 5.56 Å². The average molecular weight is 540 g/mol. The molecule has 2 aromatic heterocycles. The van der Waals surface area contributed by atoms with Crippen molar-refractivity contribution in [3.05, 3.63) is 88.1 Å². The standard InChI is InChI=1S/C26H29N5O6S/c1-3-21(31(16-10-15-27-26(33)34)38(35,36)20-13-8-5-9-14-20)23-28-24-22(18(2)29-37-24)25(32)30(23)17-19-11-6-4-7-12-19/h4-9,11-14,21,27H,3,10,15-17H2,1-2H3,(H,33,34). The van der Waals surface area contributed by atoms with Crippen molar-refractivity contribution in [1.29, 1.82) is 0 Å². The summed E-state index contributed by atoms with van der Waals surface area (Å²) in [5, 5.41) is 15.4. The van der Waals surface area contributed by atoms with E-state index < -0.39 is 22.2 Å². The molecule has 0 radical (unpaired) electrons. The second-order valence-corrected chi connectivity index (χ2v) is 10.6. The van der Waals surface area contributed by atoms with Crippen molar-refractivity contribution < 1.29 is 22.8 Å². The highest BCUT2D eigenvalue weighted by Gasteiger charge is 2.35. The molecule has 2 aromatic carbocycles. The third-order valence-electron chi connectivity index (χ3n) is 6.19. The molecule has 38 heavy (non-hydrogen) atoms. The van der Waals surface area contributed by atoms with Gasteiger partial charge in [0, 0.05) is 13.1 Å². The summed E-state index contributed by atoms with van der Waals surface area (Å²) in [4.78, 5) is 29.4. The van der Waals surface area contributed by atoms with Crippen molar-refractivity contribution in [2.24, 2.45) is 0 Å². The lowest BCUT2D eigenvalue weighted by molar-refractivity contribution is 0.193. The van der Waals surface area contributed by atoms with Crippen molar-refractivity contribution >= 4 is 27.2 Å². The lowest BCUT2D eigenvalue weighted by Gasteiger charge is -2.31. The minimum atomic E-state index is -4.06. The molecule has 2 heterocycles. The highest BCUT2D eigenvalue weighted by Crippen LogP contribution is 2.30. The molecule has 1 atom stereocenters. The molecule has 0 aliphatic heterocycles. The first-order chi connectivity index (χ1) is 18.2. The zero-order valence-corrected chi connectivity index (χ0v) is 21.9. The molecule has 2 N–H and O–H groups in total. The molecular formula is C26H29N5O6S. The van der Waals surface area contributed by atoms with Crippen LogP contribution in [0.5, 0.6) is 0 Å². The molecule has 0 spiro atoms. The van der Waals surface area contributed by atoms with Crippen LogP contribution in [0.2, 0.25) is 0 Å². The number of fused-ring (bicyclic) bond motifs is 1. The summed E-state index contributed by atoms with van der Waals surface area (Å²) in [5.74, 6) is 0.218. The fourth-order valence-electron chi connectivity index (χ4n) is 4.37. The molecule has 0 fully saturated rings. The van der Waals surface area contributed by atoms with Crippen LogP contribution in [0.1, 0.15) is 42.9 Å². The van der Waals surface area contributed by atoms with E-state index in [9.17, 15) is 18.0 Å². The molecule has 4 rings (SSSR count). The molecule has 0 aliphatic rings. The summed E-state index contributed by atoms with van der Waals surface area (Å²) < 4.78 is 35.9. The predicted molar refractivity (Wildman–Crippen MR) is 140 cm³/mol. The van der Waals surface area contributed by atoms with Gasteiger partial charge < -0.3 is 14.9 Å². The summed E-state index contributed by atoms with van der Waals surface area (Å²) >= 11 is 0. The third-order valence-corrected chi connectivity index (χ3v) is 8.12. The number of nitrogens with zero attached hydrogens (tertiary/aromatic N) is 4. The predicted octanol–water partition coefficient (Wildman–Crippen LogP) is 3.54. The van der Waals surface area contributed by atoms with Crippen LogP contribution in [0.25, 0.3) is 11.1 Å². The first kappa shape index (κ1) is 27.0. The molecule has 0 bridgehead atoms. The van der Waals surface area contributed by atoms with E-state index in [-0.39, 0.29) is 59.9 Å². The van der Waals surface area contributed by atoms with Gasteiger partial charge in [-0.15, -0.1) is 0 Å². The lowest BCUT2D eigenvalue weighted by Crippen LogP contribution is -2.40. The van der Waals surface area contributed by atoms with Gasteiger partial charge in [0.15, 0.2) is 0 Å². The second kappa shape index (κ2) is 11.6. The van der Waals surface area contributed by atoms with Crippen LogP contribution >= 0.6 is 0 Å². The Kier molecular flexibility index (Phi) is 8.23. The van der Waals surface area contributed by atoms with Gasteiger partial charge in [-0.05, 0) is 37.5 Å². The topological polar surface area (TPSA) is 148 Å². The van der Waals surface area contributed by atoms with Gasteiger partial charge in [0.25, 0.3) is 11.3 Å². The molecule has 1 unspecified atom stereocenters. The molecule has 0 saturated carbocycles. The third kappa shape index (κ3) is 5.60. The number of carboxylic acid groups (broad SMARTS) is 1. The molecule has 4 aromatic rings.